The minimum absolute atomic E-state index is 0.113. The quantitative estimate of drug-likeness (QED) is 0.886. The Bertz CT molecular complexity index is 702. The fourth-order valence-electron chi connectivity index (χ4n) is 1.84. The first kappa shape index (κ1) is 13.9. The van der Waals surface area contributed by atoms with Crippen LogP contribution >= 0.6 is 23.2 Å². The lowest BCUT2D eigenvalue weighted by Crippen LogP contribution is -2.36. The lowest BCUT2D eigenvalue weighted by Gasteiger charge is -2.08. The number of rotatable bonds is 3. The van der Waals surface area contributed by atoms with E-state index in [1.54, 1.807) is 24.3 Å². The van der Waals surface area contributed by atoms with Crippen LogP contribution in [0, 0.1) is 0 Å². The molecule has 2 aromatic rings. The molecule has 0 saturated carbocycles. The summed E-state index contributed by atoms with van der Waals surface area (Å²) in [6.07, 6.45) is 1.28. The fourth-order valence-corrected chi connectivity index (χ4v) is 2.22. The number of hydrogen-bond donors (Lipinski definition) is 1. The summed E-state index contributed by atoms with van der Waals surface area (Å²) < 4.78 is 1.06. The second kappa shape index (κ2) is 5.63. The van der Waals surface area contributed by atoms with E-state index in [1.807, 2.05) is 6.92 Å². The normalized spacial score (nSPS) is 10.7. The van der Waals surface area contributed by atoms with E-state index < -0.39 is 11.2 Å². The number of nitrogens with zero attached hydrogens (tertiary/aromatic N) is 1. The standard InChI is InChI=1S/C13H12Cl2N2O2/c1-2-3-10-11(15)16-13(19)17(12(10)18)9-6-4-8(14)5-7-9/h4-7H,2-3H2,1H3,(H,16,19). The molecule has 19 heavy (non-hydrogen) atoms. The second-order valence-electron chi connectivity index (χ2n) is 4.09. The van der Waals surface area contributed by atoms with Crippen LogP contribution < -0.4 is 11.2 Å². The average molecular weight is 299 g/mol. The molecule has 0 atom stereocenters. The molecule has 0 aliphatic heterocycles. The van der Waals surface area contributed by atoms with Crippen LogP contribution in [0.4, 0.5) is 0 Å². The van der Waals surface area contributed by atoms with Gasteiger partial charge < -0.3 is 0 Å². The number of aromatic amines is 1. The molecule has 0 aliphatic carbocycles. The summed E-state index contributed by atoms with van der Waals surface area (Å²) in [6.45, 7) is 1.94. The smallest absolute Gasteiger partial charge is 0.297 e. The van der Waals surface area contributed by atoms with Crippen molar-refractivity contribution in [1.29, 1.82) is 0 Å². The van der Waals surface area contributed by atoms with Crippen molar-refractivity contribution in [2.24, 2.45) is 0 Å². The minimum Gasteiger partial charge on any atom is -0.297 e. The fraction of sp³-hybridized carbons (Fsp3) is 0.231. The summed E-state index contributed by atoms with van der Waals surface area (Å²) in [6, 6.07) is 6.47. The van der Waals surface area contributed by atoms with Gasteiger partial charge >= 0.3 is 5.69 Å². The van der Waals surface area contributed by atoms with Crippen molar-refractivity contribution < 1.29 is 0 Å². The molecule has 1 N–H and O–H groups in total. The van der Waals surface area contributed by atoms with E-state index in [9.17, 15) is 9.59 Å². The van der Waals surface area contributed by atoms with Gasteiger partial charge in [0.25, 0.3) is 5.56 Å². The first-order chi connectivity index (χ1) is 9.04. The van der Waals surface area contributed by atoms with E-state index in [1.165, 1.54) is 0 Å². The molecule has 1 heterocycles. The van der Waals surface area contributed by atoms with Crippen LogP contribution in [0.3, 0.4) is 0 Å². The number of H-pyrrole nitrogens is 1. The Morgan fingerprint density at radius 2 is 1.79 bits per heavy atom. The highest BCUT2D eigenvalue weighted by Crippen LogP contribution is 2.13. The Morgan fingerprint density at radius 1 is 1.16 bits per heavy atom. The van der Waals surface area contributed by atoms with Crippen molar-refractivity contribution >= 4 is 23.2 Å². The van der Waals surface area contributed by atoms with Crippen molar-refractivity contribution in [3.05, 3.63) is 60.8 Å². The zero-order valence-corrected chi connectivity index (χ0v) is 11.8. The van der Waals surface area contributed by atoms with Crippen LogP contribution in [0.5, 0.6) is 0 Å². The molecule has 0 radical (unpaired) electrons. The Labute approximate surface area is 119 Å². The first-order valence-corrected chi connectivity index (χ1v) is 6.59. The molecule has 6 heteroatoms. The molecule has 0 fully saturated rings. The molecular formula is C13H12Cl2N2O2. The van der Waals surface area contributed by atoms with Gasteiger partial charge in [-0.05, 0) is 30.7 Å². The summed E-state index contributed by atoms with van der Waals surface area (Å²) in [5.41, 5.74) is -0.0708. The first-order valence-electron chi connectivity index (χ1n) is 5.84. The summed E-state index contributed by atoms with van der Waals surface area (Å²) in [4.78, 5) is 26.7. The van der Waals surface area contributed by atoms with Gasteiger partial charge in [-0.3, -0.25) is 9.78 Å². The third-order valence-corrected chi connectivity index (χ3v) is 3.31. The topological polar surface area (TPSA) is 54.9 Å². The number of hydrogen-bond acceptors (Lipinski definition) is 2. The predicted molar refractivity (Wildman–Crippen MR) is 76.7 cm³/mol. The maximum atomic E-state index is 12.3. The van der Waals surface area contributed by atoms with E-state index in [0.29, 0.717) is 22.7 Å². The third-order valence-electron chi connectivity index (χ3n) is 2.73. The van der Waals surface area contributed by atoms with Crippen molar-refractivity contribution in [3.63, 3.8) is 0 Å². The summed E-state index contributed by atoms with van der Waals surface area (Å²) >= 11 is 11.7. The molecule has 0 spiro atoms. The molecule has 0 amide bonds. The van der Waals surface area contributed by atoms with E-state index in [2.05, 4.69) is 4.98 Å². The molecule has 0 unspecified atom stereocenters. The van der Waals surface area contributed by atoms with E-state index >= 15 is 0 Å². The van der Waals surface area contributed by atoms with Crippen molar-refractivity contribution in [2.45, 2.75) is 19.8 Å². The van der Waals surface area contributed by atoms with Gasteiger partial charge in [0.05, 0.1) is 11.3 Å². The Kier molecular flexibility index (Phi) is 4.12. The van der Waals surface area contributed by atoms with Crippen LogP contribution in [0.2, 0.25) is 10.2 Å². The number of benzene rings is 1. The molecule has 4 nitrogen and oxygen atoms in total. The van der Waals surface area contributed by atoms with Gasteiger partial charge in [-0.25, -0.2) is 9.36 Å². The maximum Gasteiger partial charge on any atom is 0.334 e. The second-order valence-corrected chi connectivity index (χ2v) is 4.90. The van der Waals surface area contributed by atoms with Gasteiger partial charge in [0.15, 0.2) is 0 Å². The van der Waals surface area contributed by atoms with Gasteiger partial charge in [-0.2, -0.15) is 0 Å². The van der Waals surface area contributed by atoms with Crippen LogP contribution in [-0.2, 0) is 6.42 Å². The molecule has 2 rings (SSSR count). The summed E-state index contributed by atoms with van der Waals surface area (Å²) in [5.74, 6) is 0. The highest BCUT2D eigenvalue weighted by atomic mass is 35.5. The van der Waals surface area contributed by atoms with Crippen molar-refractivity contribution in [3.8, 4) is 5.69 Å². The van der Waals surface area contributed by atoms with Crippen LogP contribution in [0.25, 0.3) is 5.69 Å². The lowest BCUT2D eigenvalue weighted by molar-refractivity contribution is 0.812. The minimum atomic E-state index is -0.558. The Balaban J connectivity index is 2.70. The highest BCUT2D eigenvalue weighted by Gasteiger charge is 2.13. The molecule has 100 valence electrons. The number of aromatic nitrogens is 2. The Hall–Kier alpha value is -1.52. The van der Waals surface area contributed by atoms with Crippen LogP contribution in [-0.4, -0.2) is 9.55 Å². The highest BCUT2D eigenvalue weighted by molar-refractivity contribution is 6.30. The monoisotopic (exact) mass is 298 g/mol. The van der Waals surface area contributed by atoms with Crippen molar-refractivity contribution in [1.82, 2.24) is 9.55 Å². The Morgan fingerprint density at radius 3 is 2.37 bits per heavy atom. The van der Waals surface area contributed by atoms with Gasteiger partial charge in [0, 0.05) is 5.02 Å². The van der Waals surface area contributed by atoms with Gasteiger partial charge in [-0.1, -0.05) is 36.5 Å². The maximum absolute atomic E-state index is 12.3. The average Bonchev–Trinajstić information content (AvgIpc) is 2.36. The van der Waals surface area contributed by atoms with E-state index in [-0.39, 0.29) is 5.15 Å². The molecular weight excluding hydrogens is 287 g/mol. The van der Waals surface area contributed by atoms with Gasteiger partial charge in [0.1, 0.15) is 5.15 Å². The van der Waals surface area contributed by atoms with Crippen LogP contribution in [0.15, 0.2) is 33.9 Å². The molecule has 1 aromatic carbocycles. The zero-order chi connectivity index (χ0) is 14.0. The van der Waals surface area contributed by atoms with E-state index in [4.69, 9.17) is 23.2 Å². The molecule has 0 aliphatic rings. The number of nitrogens with one attached hydrogen (secondary N) is 1. The van der Waals surface area contributed by atoms with Crippen LogP contribution in [0.1, 0.15) is 18.9 Å². The largest absolute Gasteiger partial charge is 0.334 e. The van der Waals surface area contributed by atoms with E-state index in [0.717, 1.165) is 11.0 Å². The SMILES string of the molecule is CCCc1c(Cl)[nH]c(=O)n(-c2ccc(Cl)cc2)c1=O. The zero-order valence-electron chi connectivity index (χ0n) is 10.2. The lowest BCUT2D eigenvalue weighted by atomic mass is 10.2. The van der Waals surface area contributed by atoms with Crippen molar-refractivity contribution in [2.75, 3.05) is 0 Å². The van der Waals surface area contributed by atoms with Gasteiger partial charge in [0.2, 0.25) is 0 Å². The predicted octanol–water partition coefficient (Wildman–Crippen LogP) is 2.79. The molecule has 1 aromatic heterocycles. The van der Waals surface area contributed by atoms with Gasteiger partial charge in [-0.15, -0.1) is 0 Å². The summed E-state index contributed by atoms with van der Waals surface area (Å²) in [5, 5.41) is 0.651. The third kappa shape index (κ3) is 2.74. The molecule has 0 bridgehead atoms. The summed E-state index contributed by atoms with van der Waals surface area (Å²) in [7, 11) is 0. The molecule has 0 saturated heterocycles. The number of halogens is 2.